The molecule has 0 saturated carbocycles. The highest BCUT2D eigenvalue weighted by molar-refractivity contribution is 14.1. The zero-order chi connectivity index (χ0) is 18.3. The molecule has 0 aliphatic carbocycles. The molecule has 1 amide bonds. The van der Waals surface area contributed by atoms with E-state index in [4.69, 9.17) is 0 Å². The van der Waals surface area contributed by atoms with E-state index in [-0.39, 0.29) is 22.5 Å². The third kappa shape index (κ3) is 3.09. The smallest absolute Gasteiger partial charge is 0.322 e. The summed E-state index contributed by atoms with van der Waals surface area (Å²) < 4.78 is 3.31. The minimum atomic E-state index is -0.481. The summed E-state index contributed by atoms with van der Waals surface area (Å²) in [5.74, 6) is -0.370. The quantitative estimate of drug-likeness (QED) is 0.604. The fourth-order valence-electron chi connectivity index (χ4n) is 2.46. The maximum atomic E-state index is 12.5. The first-order valence-corrected chi connectivity index (χ1v) is 8.50. The summed E-state index contributed by atoms with van der Waals surface area (Å²) in [6, 6.07) is 7.05. The van der Waals surface area contributed by atoms with Crippen molar-refractivity contribution in [2.24, 2.45) is 14.1 Å². The van der Waals surface area contributed by atoms with Gasteiger partial charge in [0.1, 0.15) is 5.65 Å². The van der Waals surface area contributed by atoms with E-state index in [1.807, 2.05) is 25.1 Å². The highest BCUT2D eigenvalue weighted by atomic mass is 127. The summed E-state index contributed by atoms with van der Waals surface area (Å²) in [5.41, 5.74) is 1.33. The molecule has 3 rings (SSSR count). The van der Waals surface area contributed by atoms with Crippen molar-refractivity contribution in [1.29, 1.82) is 0 Å². The molecule has 0 saturated heterocycles. The minimum Gasteiger partial charge on any atom is -0.322 e. The lowest BCUT2D eigenvalue weighted by atomic mass is 10.2. The molecule has 0 radical (unpaired) electrons. The van der Waals surface area contributed by atoms with Crippen LogP contribution in [0.15, 0.2) is 40.1 Å². The second kappa shape index (κ2) is 6.43. The van der Waals surface area contributed by atoms with Crippen LogP contribution >= 0.6 is 22.6 Å². The number of carbonyl (C=O) groups is 1. The largest absolute Gasteiger partial charge is 0.332 e. The fraction of sp³-hybridized carbons (Fsp3) is 0.176. The topological polar surface area (TPSA) is 86.0 Å². The lowest BCUT2D eigenvalue weighted by Crippen LogP contribution is -2.37. The molecule has 2 aromatic heterocycles. The van der Waals surface area contributed by atoms with E-state index in [9.17, 15) is 14.4 Å². The van der Waals surface area contributed by atoms with E-state index in [0.717, 1.165) is 13.7 Å². The number of nitrogens with one attached hydrogen (secondary N) is 1. The summed E-state index contributed by atoms with van der Waals surface area (Å²) in [6.07, 6.45) is 1.36. The molecule has 0 aliphatic heterocycles. The fourth-order valence-corrected chi connectivity index (χ4v) is 2.98. The molecule has 2 heterocycles. The van der Waals surface area contributed by atoms with Crippen LogP contribution in [0.4, 0.5) is 5.69 Å². The zero-order valence-corrected chi connectivity index (χ0v) is 16.0. The van der Waals surface area contributed by atoms with Gasteiger partial charge < -0.3 is 5.32 Å². The number of amides is 1. The second-order valence-electron chi connectivity index (χ2n) is 5.72. The van der Waals surface area contributed by atoms with Crippen LogP contribution in [0, 0.1) is 10.5 Å². The van der Waals surface area contributed by atoms with Crippen LogP contribution in [0.2, 0.25) is 0 Å². The van der Waals surface area contributed by atoms with E-state index in [0.29, 0.717) is 5.69 Å². The summed E-state index contributed by atoms with van der Waals surface area (Å²) >= 11 is 2.20. The Hall–Kier alpha value is -2.49. The lowest BCUT2D eigenvalue weighted by molar-refractivity contribution is 0.102. The zero-order valence-electron chi connectivity index (χ0n) is 13.8. The SMILES string of the molecule is Cc1ccc(NC(=O)c2cnc3c(c2)c(=O)n(C)c(=O)n3C)cc1I. The minimum absolute atomic E-state index is 0.218. The number of hydrogen-bond acceptors (Lipinski definition) is 4. The van der Waals surface area contributed by atoms with Gasteiger partial charge in [0, 0.05) is 29.5 Å². The molecule has 3 aromatic rings. The number of hydrogen-bond donors (Lipinski definition) is 1. The van der Waals surface area contributed by atoms with Crippen molar-refractivity contribution in [2.45, 2.75) is 6.92 Å². The van der Waals surface area contributed by atoms with Crippen molar-refractivity contribution >= 4 is 45.2 Å². The molecule has 0 bridgehead atoms. The third-order valence-electron chi connectivity index (χ3n) is 3.99. The van der Waals surface area contributed by atoms with Gasteiger partial charge in [-0.2, -0.15) is 0 Å². The van der Waals surface area contributed by atoms with Crippen LogP contribution < -0.4 is 16.6 Å². The Balaban J connectivity index is 2.04. The summed E-state index contributed by atoms with van der Waals surface area (Å²) in [6.45, 7) is 1.99. The van der Waals surface area contributed by atoms with Gasteiger partial charge in [-0.05, 0) is 53.3 Å². The van der Waals surface area contributed by atoms with Crippen molar-refractivity contribution in [1.82, 2.24) is 14.1 Å². The first-order valence-electron chi connectivity index (χ1n) is 7.43. The summed E-state index contributed by atoms with van der Waals surface area (Å²) in [4.78, 5) is 40.8. The predicted molar refractivity (Wildman–Crippen MR) is 104 cm³/mol. The van der Waals surface area contributed by atoms with E-state index < -0.39 is 11.2 Å². The molecule has 7 nitrogen and oxygen atoms in total. The molecule has 1 N–H and O–H groups in total. The maximum absolute atomic E-state index is 12.5. The summed E-state index contributed by atoms with van der Waals surface area (Å²) in [5, 5.41) is 3.01. The van der Waals surface area contributed by atoms with Crippen LogP contribution in [0.25, 0.3) is 11.0 Å². The number of rotatable bonds is 2. The van der Waals surface area contributed by atoms with Gasteiger partial charge in [-0.15, -0.1) is 0 Å². The molecule has 1 aromatic carbocycles. The molecule has 0 spiro atoms. The van der Waals surface area contributed by atoms with Gasteiger partial charge in [0.2, 0.25) is 0 Å². The Morgan fingerprint density at radius 3 is 2.56 bits per heavy atom. The van der Waals surface area contributed by atoms with Gasteiger partial charge in [-0.1, -0.05) is 6.07 Å². The van der Waals surface area contributed by atoms with E-state index >= 15 is 0 Å². The van der Waals surface area contributed by atoms with Crippen LogP contribution in [-0.4, -0.2) is 20.0 Å². The number of pyridine rings is 1. The Labute approximate surface area is 156 Å². The number of carbonyl (C=O) groups excluding carboxylic acids is 1. The number of benzene rings is 1. The van der Waals surface area contributed by atoms with Crippen molar-refractivity contribution in [3.05, 3.63) is 66.0 Å². The van der Waals surface area contributed by atoms with Crippen LogP contribution in [0.1, 0.15) is 15.9 Å². The highest BCUT2D eigenvalue weighted by Crippen LogP contribution is 2.18. The Morgan fingerprint density at radius 2 is 1.88 bits per heavy atom. The van der Waals surface area contributed by atoms with E-state index in [1.54, 1.807) is 0 Å². The van der Waals surface area contributed by atoms with Gasteiger partial charge in [0.25, 0.3) is 11.5 Å². The third-order valence-corrected chi connectivity index (χ3v) is 5.15. The maximum Gasteiger partial charge on any atom is 0.332 e. The van der Waals surface area contributed by atoms with Gasteiger partial charge >= 0.3 is 5.69 Å². The van der Waals surface area contributed by atoms with E-state index in [1.165, 1.54) is 30.9 Å². The Bertz CT molecular complexity index is 1130. The van der Waals surface area contributed by atoms with Gasteiger partial charge in [0.15, 0.2) is 0 Å². The average molecular weight is 450 g/mol. The van der Waals surface area contributed by atoms with Crippen molar-refractivity contribution < 1.29 is 4.79 Å². The number of aromatic nitrogens is 3. The van der Waals surface area contributed by atoms with Crippen molar-refractivity contribution in [2.75, 3.05) is 5.32 Å². The first kappa shape index (κ1) is 17.3. The Kier molecular flexibility index (Phi) is 4.46. The number of anilines is 1. The number of halogens is 1. The van der Waals surface area contributed by atoms with Gasteiger partial charge in [0.05, 0.1) is 10.9 Å². The molecule has 0 unspecified atom stereocenters. The highest BCUT2D eigenvalue weighted by Gasteiger charge is 2.14. The Morgan fingerprint density at radius 1 is 1.16 bits per heavy atom. The monoisotopic (exact) mass is 450 g/mol. The van der Waals surface area contributed by atoms with E-state index in [2.05, 4.69) is 32.9 Å². The standard InChI is InChI=1S/C17H15IN4O3/c1-9-4-5-11(7-13(9)18)20-15(23)10-6-12-14(19-8-10)21(2)17(25)22(3)16(12)24/h4-8H,1-3H3,(H,20,23). The molecule has 0 aliphatic rings. The van der Waals surface area contributed by atoms with Crippen LogP contribution in [0.3, 0.4) is 0 Å². The molecule has 128 valence electrons. The van der Waals surface area contributed by atoms with Gasteiger partial charge in [-0.3, -0.25) is 18.7 Å². The first-order chi connectivity index (χ1) is 11.8. The summed E-state index contributed by atoms with van der Waals surface area (Å²) in [7, 11) is 2.93. The average Bonchev–Trinajstić information content (AvgIpc) is 2.60. The number of aryl methyl sites for hydroxylation is 2. The molecular weight excluding hydrogens is 435 g/mol. The van der Waals surface area contributed by atoms with Crippen LogP contribution in [0.5, 0.6) is 0 Å². The normalized spacial score (nSPS) is 10.9. The van der Waals surface area contributed by atoms with Crippen molar-refractivity contribution in [3.63, 3.8) is 0 Å². The van der Waals surface area contributed by atoms with Gasteiger partial charge in [-0.25, -0.2) is 9.78 Å². The number of nitrogens with zero attached hydrogens (tertiary/aromatic N) is 3. The van der Waals surface area contributed by atoms with Crippen molar-refractivity contribution in [3.8, 4) is 0 Å². The molecule has 0 fully saturated rings. The van der Waals surface area contributed by atoms with Crippen LogP contribution in [-0.2, 0) is 14.1 Å². The number of fused-ring (bicyclic) bond motifs is 1. The molecule has 0 atom stereocenters. The molecule has 25 heavy (non-hydrogen) atoms. The molecule has 8 heteroatoms. The second-order valence-corrected chi connectivity index (χ2v) is 6.88. The molecular formula is C17H15IN4O3. The lowest BCUT2D eigenvalue weighted by Gasteiger charge is -2.09. The predicted octanol–water partition coefficient (Wildman–Crippen LogP) is 1.80.